The van der Waals surface area contributed by atoms with E-state index in [0.717, 1.165) is 41.7 Å². The molecule has 0 bridgehead atoms. The van der Waals surface area contributed by atoms with Crippen LogP contribution in [0.4, 0.5) is 5.13 Å². The molecular weight excluding hydrogens is 316 g/mol. The Hall–Kier alpha value is -2.05. The number of thiazole rings is 1. The fourth-order valence-corrected chi connectivity index (χ4v) is 4.52. The van der Waals surface area contributed by atoms with Crippen LogP contribution in [0.1, 0.15) is 26.7 Å². The average Bonchev–Trinajstić information content (AvgIpc) is 3.08. The van der Waals surface area contributed by atoms with E-state index in [1.165, 1.54) is 16.2 Å². The zero-order chi connectivity index (χ0) is 15.1. The number of aryl methyl sites for hydroxylation is 2. The molecule has 6 heteroatoms. The molecule has 1 N–H and O–H groups in total. The third-order valence-electron chi connectivity index (χ3n) is 3.71. The van der Waals surface area contributed by atoms with Gasteiger partial charge in [0.25, 0.3) is 5.91 Å². The summed E-state index contributed by atoms with van der Waals surface area (Å²) in [4.78, 5) is 30.6. The van der Waals surface area contributed by atoms with E-state index in [9.17, 15) is 9.59 Å². The van der Waals surface area contributed by atoms with Crippen LogP contribution >= 0.6 is 22.7 Å². The summed E-state index contributed by atoms with van der Waals surface area (Å²) < 4.78 is -0.0927. The third kappa shape index (κ3) is 2.34. The van der Waals surface area contributed by atoms with Crippen molar-refractivity contribution in [2.75, 3.05) is 5.32 Å². The number of rotatable bonds is 2. The Labute approximate surface area is 134 Å². The van der Waals surface area contributed by atoms with Crippen molar-refractivity contribution >= 4 is 44.5 Å². The van der Waals surface area contributed by atoms with E-state index < -0.39 is 0 Å². The molecule has 0 aliphatic heterocycles. The molecule has 22 heavy (non-hydrogen) atoms. The van der Waals surface area contributed by atoms with E-state index in [1.807, 2.05) is 18.2 Å². The third-order valence-corrected chi connectivity index (χ3v) is 5.71. The maximum Gasteiger partial charge on any atom is 0.267 e. The van der Waals surface area contributed by atoms with Gasteiger partial charge in [0, 0.05) is 10.3 Å². The van der Waals surface area contributed by atoms with Crippen LogP contribution in [0.2, 0.25) is 0 Å². The predicted octanol–water partition coefficient (Wildman–Crippen LogP) is 3.46. The molecule has 3 aromatic rings. The highest BCUT2D eigenvalue weighted by molar-refractivity contribution is 7.16. The topological polar surface area (TPSA) is 59.1 Å². The van der Waals surface area contributed by atoms with Crippen LogP contribution in [0.15, 0.2) is 35.1 Å². The molecule has 4 rings (SSSR count). The highest BCUT2D eigenvalue weighted by Gasteiger charge is 2.18. The largest absolute Gasteiger partial charge is 0.297 e. The molecule has 1 aromatic carbocycles. The van der Waals surface area contributed by atoms with Gasteiger partial charge in [0.2, 0.25) is 4.74 Å². The zero-order valence-corrected chi connectivity index (χ0v) is 13.2. The van der Waals surface area contributed by atoms with Crippen molar-refractivity contribution in [3.8, 4) is 0 Å². The Morgan fingerprint density at radius 3 is 2.91 bits per heavy atom. The van der Waals surface area contributed by atoms with Gasteiger partial charge >= 0.3 is 0 Å². The number of nitrogens with zero attached hydrogens (tertiary/aromatic N) is 1. The lowest BCUT2D eigenvalue weighted by Gasteiger charge is -2.02. The van der Waals surface area contributed by atoms with Gasteiger partial charge in [-0.25, -0.2) is 4.98 Å². The molecule has 0 unspecified atom stereocenters. The first-order valence-corrected chi connectivity index (χ1v) is 8.67. The van der Waals surface area contributed by atoms with Gasteiger partial charge in [-0.15, -0.1) is 11.3 Å². The van der Waals surface area contributed by atoms with E-state index in [4.69, 9.17) is 0 Å². The number of hydrogen-bond acceptors (Lipinski definition) is 5. The number of amides is 1. The number of hydrogen-bond donors (Lipinski definition) is 1. The first-order valence-electron chi connectivity index (χ1n) is 7.03. The summed E-state index contributed by atoms with van der Waals surface area (Å²) in [5, 5.41) is 4.89. The summed E-state index contributed by atoms with van der Waals surface area (Å²) in [6.07, 6.45) is 3.19. The molecule has 0 atom stereocenters. The summed E-state index contributed by atoms with van der Waals surface area (Å²) in [5.41, 5.74) is 1.10. The summed E-state index contributed by atoms with van der Waals surface area (Å²) in [6.45, 7) is 0. The Morgan fingerprint density at radius 2 is 2.05 bits per heavy atom. The van der Waals surface area contributed by atoms with Gasteiger partial charge in [-0.05, 0) is 36.8 Å². The number of fused-ring (bicyclic) bond motifs is 2. The van der Waals surface area contributed by atoms with Crippen LogP contribution in [0.5, 0.6) is 0 Å². The molecule has 0 radical (unpaired) electrons. The zero-order valence-electron chi connectivity index (χ0n) is 11.6. The average molecular weight is 328 g/mol. The van der Waals surface area contributed by atoms with Crippen molar-refractivity contribution in [2.24, 2.45) is 0 Å². The van der Waals surface area contributed by atoms with Gasteiger partial charge in [0.15, 0.2) is 5.13 Å². The number of carbonyl (C=O) groups is 1. The van der Waals surface area contributed by atoms with Crippen molar-refractivity contribution in [3.63, 3.8) is 0 Å². The molecule has 2 aromatic heterocycles. The van der Waals surface area contributed by atoms with Crippen molar-refractivity contribution in [1.29, 1.82) is 0 Å². The highest BCUT2D eigenvalue weighted by atomic mass is 32.1. The van der Waals surface area contributed by atoms with Gasteiger partial charge in [-0.1, -0.05) is 29.5 Å². The van der Waals surface area contributed by atoms with E-state index in [-0.39, 0.29) is 10.6 Å². The molecule has 110 valence electrons. The van der Waals surface area contributed by atoms with Crippen molar-refractivity contribution < 1.29 is 4.79 Å². The molecule has 1 aliphatic carbocycles. The maximum atomic E-state index is 12.4. The molecule has 1 aliphatic rings. The summed E-state index contributed by atoms with van der Waals surface area (Å²) in [7, 11) is 0. The number of aromatic nitrogens is 1. The number of nitrogens with one attached hydrogen (secondary N) is 1. The van der Waals surface area contributed by atoms with Gasteiger partial charge in [0.05, 0.1) is 10.6 Å². The van der Waals surface area contributed by atoms with Gasteiger partial charge in [-0.2, -0.15) is 0 Å². The fourth-order valence-electron chi connectivity index (χ4n) is 2.65. The first-order chi connectivity index (χ1) is 10.7. The lowest BCUT2D eigenvalue weighted by molar-refractivity contribution is 0.103. The van der Waals surface area contributed by atoms with Gasteiger partial charge in [0.1, 0.15) is 0 Å². The molecule has 4 nitrogen and oxygen atoms in total. The van der Waals surface area contributed by atoms with Gasteiger partial charge < -0.3 is 0 Å². The Kier molecular flexibility index (Phi) is 3.28. The minimum Gasteiger partial charge on any atom is -0.297 e. The van der Waals surface area contributed by atoms with Crippen LogP contribution in [0, 0.1) is 0 Å². The molecule has 0 saturated heterocycles. The van der Waals surface area contributed by atoms with E-state index in [2.05, 4.69) is 10.3 Å². The van der Waals surface area contributed by atoms with Gasteiger partial charge in [-0.3, -0.25) is 14.9 Å². The van der Waals surface area contributed by atoms with Crippen LogP contribution < -0.4 is 10.1 Å². The highest BCUT2D eigenvalue weighted by Crippen LogP contribution is 2.30. The smallest absolute Gasteiger partial charge is 0.267 e. The van der Waals surface area contributed by atoms with Crippen molar-refractivity contribution in [1.82, 2.24) is 4.98 Å². The lowest BCUT2D eigenvalue weighted by Crippen LogP contribution is -2.12. The Morgan fingerprint density at radius 1 is 1.18 bits per heavy atom. The monoisotopic (exact) mass is 328 g/mol. The lowest BCUT2D eigenvalue weighted by atomic mass is 10.2. The van der Waals surface area contributed by atoms with Crippen molar-refractivity contribution in [2.45, 2.75) is 19.3 Å². The minimum absolute atomic E-state index is 0.0927. The summed E-state index contributed by atoms with van der Waals surface area (Å²) in [6, 6.07) is 9.07. The Bertz CT molecular complexity index is 921. The SMILES string of the molecule is O=C(Nc1nc2c(s1)CCC2)c1cc2ccccc2c(=O)s1. The number of carbonyl (C=O) groups excluding carboxylic acids is 1. The van der Waals surface area contributed by atoms with Crippen LogP contribution in [0.25, 0.3) is 10.8 Å². The normalized spacial score (nSPS) is 13.3. The molecular formula is C16H12N2O2S2. The number of benzene rings is 1. The molecule has 0 fully saturated rings. The fraction of sp³-hybridized carbons (Fsp3) is 0.188. The summed E-state index contributed by atoms with van der Waals surface area (Å²) >= 11 is 2.51. The second-order valence-corrected chi connectivity index (χ2v) is 7.28. The maximum absolute atomic E-state index is 12.4. The van der Waals surface area contributed by atoms with Crippen LogP contribution in [0.3, 0.4) is 0 Å². The standard InChI is InChI=1S/C16H12N2O2S2/c19-14(18-16-17-11-6-3-7-12(11)22-16)13-8-9-4-1-2-5-10(9)15(20)21-13/h1-2,4-5,8H,3,6-7H2,(H,17,18,19). The van der Waals surface area contributed by atoms with Crippen LogP contribution in [-0.2, 0) is 12.8 Å². The van der Waals surface area contributed by atoms with E-state index >= 15 is 0 Å². The predicted molar refractivity (Wildman–Crippen MR) is 90.2 cm³/mol. The number of anilines is 1. The molecule has 0 spiro atoms. The van der Waals surface area contributed by atoms with E-state index in [0.29, 0.717) is 15.4 Å². The molecule has 2 heterocycles. The summed E-state index contributed by atoms with van der Waals surface area (Å²) in [5.74, 6) is -0.264. The molecule has 1 amide bonds. The second-order valence-electron chi connectivity index (χ2n) is 5.18. The van der Waals surface area contributed by atoms with Crippen molar-refractivity contribution in [3.05, 3.63) is 55.3 Å². The second kappa shape index (κ2) is 5.30. The minimum atomic E-state index is -0.264. The first kappa shape index (κ1) is 13.6. The Balaban J connectivity index is 1.66. The molecule has 0 saturated carbocycles. The quantitative estimate of drug-likeness (QED) is 0.784. The van der Waals surface area contributed by atoms with E-state index in [1.54, 1.807) is 12.1 Å². The van der Waals surface area contributed by atoms with Crippen LogP contribution in [-0.4, -0.2) is 10.9 Å².